The molecule has 0 amide bonds. The first-order chi connectivity index (χ1) is 10.8. The first-order valence-electron chi connectivity index (χ1n) is 7.51. The second-order valence-corrected chi connectivity index (χ2v) is 6.28. The van der Waals surface area contributed by atoms with E-state index in [4.69, 9.17) is 10.6 Å². The SMILES string of the molecule is N/C(=N\OCc1cncs1)c1ccc(N2CCCCC2)cc1. The molecule has 2 N–H and O–H groups in total. The molecule has 0 spiro atoms. The monoisotopic (exact) mass is 316 g/mol. The summed E-state index contributed by atoms with van der Waals surface area (Å²) in [6.45, 7) is 2.68. The number of oxime groups is 1. The minimum atomic E-state index is 0.398. The van der Waals surface area contributed by atoms with E-state index >= 15 is 0 Å². The number of anilines is 1. The van der Waals surface area contributed by atoms with Crippen LogP contribution >= 0.6 is 11.3 Å². The maximum Gasteiger partial charge on any atom is 0.170 e. The van der Waals surface area contributed by atoms with Crippen molar-refractivity contribution >= 4 is 22.9 Å². The van der Waals surface area contributed by atoms with Crippen LogP contribution in [-0.4, -0.2) is 23.9 Å². The molecule has 0 unspecified atom stereocenters. The molecule has 3 rings (SSSR count). The predicted octanol–water partition coefficient (Wildman–Crippen LogP) is 2.97. The highest BCUT2D eigenvalue weighted by atomic mass is 32.1. The summed E-state index contributed by atoms with van der Waals surface area (Å²) in [4.78, 5) is 12.7. The standard InChI is InChI=1S/C16H20N4OS/c17-16(19-21-11-15-10-18-12-22-15)13-4-6-14(7-5-13)20-8-2-1-3-9-20/h4-7,10,12H,1-3,8-9,11H2,(H2,17,19). The number of rotatable bonds is 5. The Morgan fingerprint density at radius 1 is 1.23 bits per heavy atom. The Labute approximate surface area is 134 Å². The number of thiazole rings is 1. The van der Waals surface area contributed by atoms with Crippen LogP contribution in [0, 0.1) is 0 Å². The van der Waals surface area contributed by atoms with E-state index in [1.165, 1.54) is 36.3 Å². The van der Waals surface area contributed by atoms with E-state index in [2.05, 4.69) is 27.2 Å². The minimum Gasteiger partial charge on any atom is -0.388 e. The van der Waals surface area contributed by atoms with Gasteiger partial charge in [-0.05, 0) is 43.5 Å². The number of amidine groups is 1. The molecule has 0 radical (unpaired) electrons. The van der Waals surface area contributed by atoms with Crippen LogP contribution in [0.2, 0.25) is 0 Å². The van der Waals surface area contributed by atoms with E-state index in [0.29, 0.717) is 12.4 Å². The number of nitrogens with two attached hydrogens (primary N) is 1. The molecule has 0 saturated carbocycles. The third-order valence-electron chi connectivity index (χ3n) is 3.74. The van der Waals surface area contributed by atoms with Gasteiger partial charge < -0.3 is 15.5 Å². The van der Waals surface area contributed by atoms with Gasteiger partial charge in [0.15, 0.2) is 12.4 Å². The van der Waals surface area contributed by atoms with Crippen LogP contribution in [0.1, 0.15) is 29.7 Å². The van der Waals surface area contributed by atoms with Crippen molar-refractivity contribution in [2.75, 3.05) is 18.0 Å². The van der Waals surface area contributed by atoms with Gasteiger partial charge in [0.05, 0.1) is 10.4 Å². The Morgan fingerprint density at radius 3 is 2.68 bits per heavy atom. The van der Waals surface area contributed by atoms with Gasteiger partial charge in [-0.15, -0.1) is 11.3 Å². The van der Waals surface area contributed by atoms with Crippen LogP contribution in [0.3, 0.4) is 0 Å². The lowest BCUT2D eigenvalue weighted by Crippen LogP contribution is -2.29. The van der Waals surface area contributed by atoms with E-state index in [1.54, 1.807) is 11.7 Å². The van der Waals surface area contributed by atoms with Gasteiger partial charge in [0.2, 0.25) is 0 Å². The average Bonchev–Trinajstić information content (AvgIpc) is 3.09. The molecule has 6 heteroatoms. The van der Waals surface area contributed by atoms with Crippen molar-refractivity contribution < 1.29 is 4.84 Å². The molecule has 0 aliphatic carbocycles. The molecule has 1 aliphatic rings. The van der Waals surface area contributed by atoms with Crippen molar-refractivity contribution in [2.24, 2.45) is 10.9 Å². The lowest BCUT2D eigenvalue weighted by molar-refractivity contribution is 0.132. The molecule has 1 aromatic heterocycles. The summed E-state index contributed by atoms with van der Waals surface area (Å²) in [6.07, 6.45) is 5.66. The van der Waals surface area contributed by atoms with Crippen molar-refractivity contribution in [3.63, 3.8) is 0 Å². The van der Waals surface area contributed by atoms with Gasteiger partial charge in [0, 0.05) is 30.5 Å². The Morgan fingerprint density at radius 2 is 2.00 bits per heavy atom. The van der Waals surface area contributed by atoms with Crippen molar-refractivity contribution in [3.8, 4) is 0 Å². The normalized spacial score (nSPS) is 15.8. The Balaban J connectivity index is 1.59. The molecule has 0 atom stereocenters. The van der Waals surface area contributed by atoms with E-state index in [1.807, 2.05) is 12.1 Å². The zero-order chi connectivity index (χ0) is 15.2. The molecule has 2 aromatic rings. The maximum atomic E-state index is 5.96. The third kappa shape index (κ3) is 3.76. The van der Waals surface area contributed by atoms with Gasteiger partial charge in [-0.1, -0.05) is 5.16 Å². The van der Waals surface area contributed by atoms with Crippen molar-refractivity contribution in [1.82, 2.24) is 4.98 Å². The van der Waals surface area contributed by atoms with E-state index in [-0.39, 0.29) is 0 Å². The molecule has 116 valence electrons. The largest absolute Gasteiger partial charge is 0.388 e. The number of hydrogen-bond acceptors (Lipinski definition) is 5. The van der Waals surface area contributed by atoms with Crippen LogP contribution < -0.4 is 10.6 Å². The summed E-state index contributed by atoms with van der Waals surface area (Å²) in [5.74, 6) is 0.398. The van der Waals surface area contributed by atoms with Gasteiger partial charge in [-0.2, -0.15) is 0 Å². The molecule has 0 bridgehead atoms. The summed E-state index contributed by atoms with van der Waals surface area (Å²) in [6, 6.07) is 8.20. The zero-order valence-corrected chi connectivity index (χ0v) is 13.3. The number of aromatic nitrogens is 1. The summed E-state index contributed by atoms with van der Waals surface area (Å²) in [5.41, 5.74) is 9.86. The molecule has 2 heterocycles. The highest BCUT2D eigenvalue weighted by Crippen LogP contribution is 2.20. The highest BCUT2D eigenvalue weighted by molar-refractivity contribution is 7.09. The molecule has 1 saturated heterocycles. The Kier molecular flexibility index (Phi) is 4.90. The zero-order valence-electron chi connectivity index (χ0n) is 12.4. The van der Waals surface area contributed by atoms with Gasteiger partial charge in [-0.3, -0.25) is 4.98 Å². The molecular weight excluding hydrogens is 296 g/mol. The van der Waals surface area contributed by atoms with Gasteiger partial charge in [0.25, 0.3) is 0 Å². The Bertz CT molecular complexity index is 604. The van der Waals surface area contributed by atoms with E-state index in [9.17, 15) is 0 Å². The third-order valence-corrected chi connectivity index (χ3v) is 4.49. The van der Waals surface area contributed by atoms with Gasteiger partial charge >= 0.3 is 0 Å². The number of nitrogens with zero attached hydrogens (tertiary/aromatic N) is 3. The first-order valence-corrected chi connectivity index (χ1v) is 8.39. The Hall–Kier alpha value is -2.08. The van der Waals surface area contributed by atoms with Crippen LogP contribution in [0.4, 0.5) is 5.69 Å². The summed E-state index contributed by atoms with van der Waals surface area (Å²) >= 11 is 1.54. The second kappa shape index (κ2) is 7.26. The van der Waals surface area contributed by atoms with E-state index in [0.717, 1.165) is 23.5 Å². The fraction of sp³-hybridized carbons (Fsp3) is 0.375. The molecule has 5 nitrogen and oxygen atoms in total. The quantitative estimate of drug-likeness (QED) is 0.523. The van der Waals surface area contributed by atoms with E-state index < -0.39 is 0 Å². The van der Waals surface area contributed by atoms with Crippen LogP contribution in [0.25, 0.3) is 0 Å². The predicted molar refractivity (Wildman–Crippen MR) is 90.1 cm³/mol. The number of hydrogen-bond donors (Lipinski definition) is 1. The molecular formula is C16H20N4OS. The summed E-state index contributed by atoms with van der Waals surface area (Å²) in [7, 11) is 0. The minimum absolute atomic E-state index is 0.398. The second-order valence-electron chi connectivity index (χ2n) is 5.31. The number of benzene rings is 1. The molecule has 22 heavy (non-hydrogen) atoms. The fourth-order valence-corrected chi connectivity index (χ4v) is 3.03. The lowest BCUT2D eigenvalue weighted by atomic mass is 10.1. The van der Waals surface area contributed by atoms with Crippen molar-refractivity contribution in [1.29, 1.82) is 0 Å². The van der Waals surface area contributed by atoms with Crippen LogP contribution in [-0.2, 0) is 11.4 Å². The molecule has 1 aliphatic heterocycles. The van der Waals surface area contributed by atoms with Crippen molar-refractivity contribution in [2.45, 2.75) is 25.9 Å². The van der Waals surface area contributed by atoms with Gasteiger partial charge in [-0.25, -0.2) is 0 Å². The maximum absolute atomic E-state index is 5.96. The summed E-state index contributed by atoms with van der Waals surface area (Å²) < 4.78 is 0. The lowest BCUT2D eigenvalue weighted by Gasteiger charge is -2.28. The fourth-order valence-electron chi connectivity index (χ4n) is 2.53. The van der Waals surface area contributed by atoms with Gasteiger partial charge in [0.1, 0.15) is 0 Å². The topological polar surface area (TPSA) is 63.7 Å². The smallest absolute Gasteiger partial charge is 0.170 e. The molecule has 1 aromatic carbocycles. The summed E-state index contributed by atoms with van der Waals surface area (Å²) in [5, 5.41) is 3.97. The van der Waals surface area contributed by atoms with Crippen molar-refractivity contribution in [3.05, 3.63) is 46.4 Å². The molecule has 1 fully saturated rings. The first kappa shape index (κ1) is 14.8. The highest BCUT2D eigenvalue weighted by Gasteiger charge is 2.11. The average molecular weight is 316 g/mol. The van der Waals surface area contributed by atoms with Crippen LogP contribution in [0.5, 0.6) is 0 Å². The number of piperidine rings is 1. The van der Waals surface area contributed by atoms with Crippen LogP contribution in [0.15, 0.2) is 41.1 Å².